The van der Waals surface area contributed by atoms with Crippen LogP contribution in [0, 0.1) is 6.92 Å². The van der Waals surface area contributed by atoms with E-state index in [1.54, 1.807) is 0 Å². The zero-order valence-corrected chi connectivity index (χ0v) is 10.4. The molecule has 0 fully saturated rings. The summed E-state index contributed by atoms with van der Waals surface area (Å²) in [6.07, 6.45) is 0. The van der Waals surface area contributed by atoms with Crippen molar-refractivity contribution >= 4 is 11.6 Å². The van der Waals surface area contributed by atoms with Crippen LogP contribution in [0.1, 0.15) is 11.1 Å². The largest absolute Gasteiger partial charge is 0.456 e. The topological polar surface area (TPSA) is 35.2 Å². The molecule has 0 amide bonds. The Balaban J connectivity index is 2.19. The molecule has 17 heavy (non-hydrogen) atoms. The summed E-state index contributed by atoms with van der Waals surface area (Å²) in [4.78, 5) is 0. The van der Waals surface area contributed by atoms with Crippen LogP contribution in [0.3, 0.4) is 0 Å². The third kappa shape index (κ3) is 2.99. The second-order valence-corrected chi connectivity index (χ2v) is 4.29. The van der Waals surface area contributed by atoms with Crippen molar-refractivity contribution in [3.05, 3.63) is 58.6 Å². The van der Waals surface area contributed by atoms with Crippen molar-refractivity contribution in [3.63, 3.8) is 0 Å². The van der Waals surface area contributed by atoms with E-state index in [1.807, 2.05) is 49.4 Å². The van der Waals surface area contributed by atoms with Crippen LogP contribution in [0.25, 0.3) is 0 Å². The highest BCUT2D eigenvalue weighted by atomic mass is 35.5. The maximum absolute atomic E-state index is 6.09. The summed E-state index contributed by atoms with van der Waals surface area (Å²) in [6.45, 7) is 2.53. The second-order valence-electron chi connectivity index (χ2n) is 3.88. The molecule has 2 aromatic rings. The first kappa shape index (κ1) is 12.0. The van der Waals surface area contributed by atoms with E-state index >= 15 is 0 Å². The van der Waals surface area contributed by atoms with Crippen molar-refractivity contribution < 1.29 is 4.74 Å². The van der Waals surface area contributed by atoms with Crippen LogP contribution < -0.4 is 10.5 Å². The Morgan fingerprint density at radius 3 is 2.41 bits per heavy atom. The van der Waals surface area contributed by atoms with Gasteiger partial charge in [0.1, 0.15) is 11.5 Å². The lowest BCUT2D eigenvalue weighted by Gasteiger charge is -2.08. The molecule has 0 saturated carbocycles. The number of halogens is 1. The SMILES string of the molecule is Cc1ccc(Oc2ccc(CN)cc2)c(Cl)c1. The average Bonchev–Trinajstić information content (AvgIpc) is 2.34. The number of nitrogens with two attached hydrogens (primary N) is 1. The molecule has 0 heterocycles. The van der Waals surface area contributed by atoms with Crippen LogP contribution in [0.2, 0.25) is 5.02 Å². The van der Waals surface area contributed by atoms with E-state index in [0.717, 1.165) is 16.9 Å². The molecule has 0 aliphatic heterocycles. The number of aryl methyl sites for hydroxylation is 1. The Morgan fingerprint density at radius 2 is 1.82 bits per heavy atom. The molecule has 88 valence electrons. The van der Waals surface area contributed by atoms with Crippen molar-refractivity contribution in [2.45, 2.75) is 13.5 Å². The van der Waals surface area contributed by atoms with Gasteiger partial charge in [0.2, 0.25) is 0 Å². The molecular weight excluding hydrogens is 234 g/mol. The fourth-order valence-corrected chi connectivity index (χ4v) is 1.78. The van der Waals surface area contributed by atoms with Crippen molar-refractivity contribution in [1.29, 1.82) is 0 Å². The Hall–Kier alpha value is -1.51. The first-order chi connectivity index (χ1) is 8.19. The highest BCUT2D eigenvalue weighted by Crippen LogP contribution is 2.29. The van der Waals surface area contributed by atoms with Gasteiger partial charge >= 0.3 is 0 Å². The van der Waals surface area contributed by atoms with Gasteiger partial charge in [0.15, 0.2) is 0 Å². The molecule has 0 spiro atoms. The van der Waals surface area contributed by atoms with Crippen LogP contribution in [-0.2, 0) is 6.54 Å². The van der Waals surface area contributed by atoms with Crippen LogP contribution >= 0.6 is 11.6 Å². The van der Waals surface area contributed by atoms with Crippen LogP contribution in [0.5, 0.6) is 11.5 Å². The van der Waals surface area contributed by atoms with Gasteiger partial charge in [-0.05, 0) is 42.3 Å². The Bertz CT molecular complexity index is 508. The first-order valence-corrected chi connectivity index (χ1v) is 5.80. The van der Waals surface area contributed by atoms with Crippen LogP contribution in [-0.4, -0.2) is 0 Å². The van der Waals surface area contributed by atoms with E-state index in [1.165, 1.54) is 0 Å². The van der Waals surface area contributed by atoms with E-state index in [0.29, 0.717) is 17.3 Å². The molecule has 0 aliphatic carbocycles. The van der Waals surface area contributed by atoms with E-state index in [9.17, 15) is 0 Å². The monoisotopic (exact) mass is 247 g/mol. The molecular formula is C14H14ClNO. The van der Waals surface area contributed by atoms with Crippen LogP contribution in [0.15, 0.2) is 42.5 Å². The number of benzene rings is 2. The smallest absolute Gasteiger partial charge is 0.146 e. The Labute approximate surface area is 106 Å². The zero-order valence-electron chi connectivity index (χ0n) is 9.61. The van der Waals surface area contributed by atoms with Crippen molar-refractivity contribution in [3.8, 4) is 11.5 Å². The number of rotatable bonds is 3. The van der Waals surface area contributed by atoms with Gasteiger partial charge < -0.3 is 10.5 Å². The summed E-state index contributed by atoms with van der Waals surface area (Å²) in [5.41, 5.74) is 7.72. The molecule has 3 heteroatoms. The average molecular weight is 248 g/mol. The van der Waals surface area contributed by atoms with Gasteiger partial charge in [-0.15, -0.1) is 0 Å². The van der Waals surface area contributed by atoms with E-state index in [4.69, 9.17) is 22.1 Å². The lowest BCUT2D eigenvalue weighted by molar-refractivity contribution is 0.482. The zero-order chi connectivity index (χ0) is 12.3. The van der Waals surface area contributed by atoms with Gasteiger partial charge in [0.25, 0.3) is 0 Å². The predicted octanol–water partition coefficient (Wildman–Crippen LogP) is 3.90. The molecule has 0 radical (unpaired) electrons. The fraction of sp³-hybridized carbons (Fsp3) is 0.143. The highest BCUT2D eigenvalue weighted by Gasteiger charge is 2.03. The lowest BCUT2D eigenvalue weighted by atomic mass is 10.2. The van der Waals surface area contributed by atoms with Gasteiger partial charge in [-0.1, -0.05) is 29.8 Å². The molecule has 0 saturated heterocycles. The molecule has 0 atom stereocenters. The molecule has 0 aromatic heterocycles. The minimum atomic E-state index is 0.533. The van der Waals surface area contributed by atoms with E-state index < -0.39 is 0 Å². The van der Waals surface area contributed by atoms with Gasteiger partial charge in [-0.2, -0.15) is 0 Å². The van der Waals surface area contributed by atoms with Crippen LogP contribution in [0.4, 0.5) is 0 Å². The molecule has 2 aromatic carbocycles. The van der Waals surface area contributed by atoms with Gasteiger partial charge in [0, 0.05) is 6.54 Å². The Kier molecular flexibility index (Phi) is 3.67. The number of ether oxygens (including phenoxy) is 1. The first-order valence-electron chi connectivity index (χ1n) is 5.42. The van der Waals surface area contributed by atoms with Crippen molar-refractivity contribution in [2.75, 3.05) is 0 Å². The summed E-state index contributed by atoms with van der Waals surface area (Å²) in [5, 5.41) is 0.618. The minimum Gasteiger partial charge on any atom is -0.456 e. The third-order valence-electron chi connectivity index (χ3n) is 2.47. The van der Waals surface area contributed by atoms with Gasteiger partial charge in [-0.3, -0.25) is 0 Å². The summed E-state index contributed by atoms with van der Waals surface area (Å²) in [5.74, 6) is 1.42. The van der Waals surface area contributed by atoms with Crippen molar-refractivity contribution in [1.82, 2.24) is 0 Å². The summed E-state index contributed by atoms with van der Waals surface area (Å²) in [7, 11) is 0. The van der Waals surface area contributed by atoms with Gasteiger partial charge in [0.05, 0.1) is 5.02 Å². The number of hydrogen-bond donors (Lipinski definition) is 1. The molecule has 0 bridgehead atoms. The molecule has 2 nitrogen and oxygen atoms in total. The number of hydrogen-bond acceptors (Lipinski definition) is 2. The molecule has 2 rings (SSSR count). The Morgan fingerprint density at radius 1 is 1.12 bits per heavy atom. The quantitative estimate of drug-likeness (QED) is 0.893. The molecule has 0 unspecified atom stereocenters. The molecule has 2 N–H and O–H groups in total. The van der Waals surface area contributed by atoms with E-state index in [2.05, 4.69) is 0 Å². The van der Waals surface area contributed by atoms with Crippen molar-refractivity contribution in [2.24, 2.45) is 5.73 Å². The normalized spacial score (nSPS) is 10.3. The highest BCUT2D eigenvalue weighted by molar-refractivity contribution is 6.32. The predicted molar refractivity (Wildman–Crippen MR) is 70.6 cm³/mol. The maximum Gasteiger partial charge on any atom is 0.146 e. The third-order valence-corrected chi connectivity index (χ3v) is 2.77. The standard InChI is InChI=1S/C14H14ClNO/c1-10-2-7-14(13(15)8-10)17-12-5-3-11(9-16)4-6-12/h2-8H,9,16H2,1H3. The summed E-state index contributed by atoms with van der Waals surface area (Å²) < 4.78 is 5.69. The second kappa shape index (κ2) is 5.21. The van der Waals surface area contributed by atoms with E-state index in [-0.39, 0.29) is 0 Å². The minimum absolute atomic E-state index is 0.533. The maximum atomic E-state index is 6.09. The summed E-state index contributed by atoms with van der Waals surface area (Å²) in [6, 6.07) is 13.4. The lowest BCUT2D eigenvalue weighted by Crippen LogP contribution is -1.95. The fourth-order valence-electron chi connectivity index (χ4n) is 1.51. The van der Waals surface area contributed by atoms with Gasteiger partial charge in [-0.25, -0.2) is 0 Å². The molecule has 0 aliphatic rings. The summed E-state index contributed by atoms with van der Waals surface area (Å²) >= 11 is 6.09.